The molecule has 1 rings (SSSR count). The number of carboxylic acid groups (broad SMARTS) is 1. The van der Waals surface area contributed by atoms with Crippen molar-refractivity contribution in [3.05, 3.63) is 29.3 Å². The Morgan fingerprint density at radius 1 is 1.47 bits per heavy atom. The van der Waals surface area contributed by atoms with Crippen LogP contribution in [0.2, 0.25) is 0 Å². The number of benzene rings is 1. The third kappa shape index (κ3) is 3.27. The summed E-state index contributed by atoms with van der Waals surface area (Å²) in [6, 6.07) is -0.0471. The van der Waals surface area contributed by atoms with Gasteiger partial charge in [-0.25, -0.2) is 22.0 Å². The van der Waals surface area contributed by atoms with Crippen molar-refractivity contribution in [2.24, 2.45) is 0 Å². The molecule has 8 heteroatoms. The normalized spacial score (nSPS) is 12.7. The number of halogens is 2. The second-order valence-corrected chi connectivity index (χ2v) is 5.27. The Kier molecular flexibility index (Phi) is 4.24. The fraction of sp³-hybridized carbons (Fsp3) is 0.182. The van der Waals surface area contributed by atoms with Gasteiger partial charge < -0.3 is 5.11 Å². The lowest BCUT2D eigenvalue weighted by atomic mass is 10.2. The minimum absolute atomic E-state index is 0.390. The summed E-state index contributed by atoms with van der Waals surface area (Å²) in [6.45, 7) is 1.31. The van der Waals surface area contributed by atoms with E-state index in [-0.39, 0.29) is 0 Å². The van der Waals surface area contributed by atoms with Gasteiger partial charge in [-0.05, 0) is 19.1 Å². The molecule has 1 aromatic carbocycles. The third-order valence-corrected chi connectivity index (χ3v) is 3.65. The van der Waals surface area contributed by atoms with Crippen molar-refractivity contribution in [2.45, 2.75) is 17.9 Å². The van der Waals surface area contributed by atoms with Gasteiger partial charge in [-0.2, -0.15) is 4.72 Å². The molecule has 5 nitrogen and oxygen atoms in total. The average Bonchev–Trinajstić information content (AvgIpc) is 2.31. The van der Waals surface area contributed by atoms with Gasteiger partial charge in [-0.3, -0.25) is 0 Å². The number of carbonyl (C=O) groups is 1. The van der Waals surface area contributed by atoms with E-state index in [0.717, 1.165) is 0 Å². The molecule has 0 aliphatic carbocycles. The Bertz CT molecular complexity index is 664. The van der Waals surface area contributed by atoms with E-state index in [1.54, 1.807) is 0 Å². The molecule has 0 aromatic heterocycles. The van der Waals surface area contributed by atoms with Gasteiger partial charge in [0.1, 0.15) is 4.90 Å². The van der Waals surface area contributed by atoms with Crippen molar-refractivity contribution in [3.63, 3.8) is 0 Å². The van der Waals surface area contributed by atoms with Crippen LogP contribution in [0.1, 0.15) is 17.3 Å². The first-order valence-electron chi connectivity index (χ1n) is 4.90. The summed E-state index contributed by atoms with van der Waals surface area (Å²) in [7, 11) is -4.45. The van der Waals surface area contributed by atoms with Crippen molar-refractivity contribution in [1.82, 2.24) is 4.72 Å². The van der Waals surface area contributed by atoms with Crippen molar-refractivity contribution >= 4 is 16.0 Å². The number of hydrogen-bond acceptors (Lipinski definition) is 3. The fourth-order valence-corrected chi connectivity index (χ4v) is 2.49. The van der Waals surface area contributed by atoms with Crippen molar-refractivity contribution in [1.29, 1.82) is 0 Å². The van der Waals surface area contributed by atoms with E-state index in [1.165, 1.54) is 6.92 Å². The summed E-state index contributed by atoms with van der Waals surface area (Å²) < 4.78 is 52.0. The monoisotopic (exact) mass is 289 g/mol. The van der Waals surface area contributed by atoms with Crippen molar-refractivity contribution < 1.29 is 27.1 Å². The Morgan fingerprint density at radius 2 is 2.05 bits per heavy atom. The maximum absolute atomic E-state index is 13.5. The molecule has 1 atom stereocenters. The Morgan fingerprint density at radius 3 is 2.53 bits per heavy atom. The molecule has 0 radical (unpaired) electrons. The van der Waals surface area contributed by atoms with E-state index < -0.39 is 44.1 Å². The van der Waals surface area contributed by atoms with Crippen LogP contribution in [-0.4, -0.2) is 25.5 Å². The summed E-state index contributed by atoms with van der Waals surface area (Å²) in [5.74, 6) is -2.78. The smallest absolute Gasteiger partial charge is 0.335 e. The molecule has 1 unspecified atom stereocenters. The van der Waals surface area contributed by atoms with Crippen molar-refractivity contribution in [2.75, 3.05) is 0 Å². The van der Waals surface area contributed by atoms with Crippen LogP contribution in [0.3, 0.4) is 0 Å². The summed E-state index contributed by atoms with van der Waals surface area (Å²) in [5.41, 5.74) is -0.687. The van der Waals surface area contributed by atoms with E-state index in [4.69, 9.17) is 11.5 Å². The predicted molar refractivity (Wildman–Crippen MR) is 61.9 cm³/mol. The lowest BCUT2D eigenvalue weighted by molar-refractivity contribution is 0.0696. The van der Waals surface area contributed by atoms with Gasteiger partial charge in [0.25, 0.3) is 0 Å². The zero-order valence-corrected chi connectivity index (χ0v) is 10.5. The highest BCUT2D eigenvalue weighted by Crippen LogP contribution is 2.20. The minimum Gasteiger partial charge on any atom is -0.478 e. The lowest BCUT2D eigenvalue weighted by Gasteiger charge is -2.10. The fourth-order valence-electron chi connectivity index (χ4n) is 1.21. The van der Waals surface area contributed by atoms with E-state index >= 15 is 0 Å². The first-order valence-corrected chi connectivity index (χ1v) is 6.38. The van der Waals surface area contributed by atoms with Crippen LogP contribution in [0.5, 0.6) is 0 Å². The minimum atomic E-state index is -4.45. The van der Waals surface area contributed by atoms with Gasteiger partial charge in [-0.1, -0.05) is 5.92 Å². The van der Waals surface area contributed by atoms with Gasteiger partial charge >= 0.3 is 5.97 Å². The number of carboxylic acids is 1. The molecule has 0 aliphatic heterocycles. The summed E-state index contributed by atoms with van der Waals surface area (Å²) >= 11 is 0. The molecular formula is C11H9F2NO4S. The molecule has 2 N–H and O–H groups in total. The quantitative estimate of drug-likeness (QED) is 0.809. The zero-order chi connectivity index (χ0) is 14.8. The van der Waals surface area contributed by atoms with Gasteiger partial charge in [-0.15, -0.1) is 6.42 Å². The van der Waals surface area contributed by atoms with E-state index in [1.807, 2.05) is 10.6 Å². The van der Waals surface area contributed by atoms with Crippen molar-refractivity contribution in [3.8, 4) is 12.3 Å². The number of aromatic carboxylic acids is 1. The van der Waals surface area contributed by atoms with E-state index in [0.29, 0.717) is 12.1 Å². The van der Waals surface area contributed by atoms with Gasteiger partial charge in [0.05, 0.1) is 11.6 Å². The van der Waals surface area contributed by atoms with E-state index in [2.05, 4.69) is 0 Å². The number of rotatable bonds is 4. The number of nitrogens with one attached hydrogen (secondary N) is 1. The summed E-state index contributed by atoms with van der Waals surface area (Å²) in [6.07, 6.45) is 4.96. The van der Waals surface area contributed by atoms with Gasteiger partial charge in [0.2, 0.25) is 10.0 Å². The van der Waals surface area contributed by atoms with Crippen LogP contribution < -0.4 is 4.72 Å². The molecular weight excluding hydrogens is 280 g/mol. The second kappa shape index (κ2) is 5.34. The largest absolute Gasteiger partial charge is 0.478 e. The van der Waals surface area contributed by atoms with Crippen LogP contribution in [0.25, 0.3) is 0 Å². The molecule has 0 amide bonds. The molecule has 0 spiro atoms. The van der Waals surface area contributed by atoms with Gasteiger partial charge in [0.15, 0.2) is 11.6 Å². The van der Waals surface area contributed by atoms with E-state index in [9.17, 15) is 22.0 Å². The second-order valence-electron chi connectivity index (χ2n) is 3.58. The molecule has 0 bridgehead atoms. The summed E-state index contributed by atoms with van der Waals surface area (Å²) in [5, 5.41) is 8.68. The molecule has 0 saturated carbocycles. The number of hydrogen-bond donors (Lipinski definition) is 2. The standard InChI is InChI=1S/C11H9F2NO4S/c1-3-6(2)14-19(17,18)9-5-7(11(15)16)4-8(12)10(9)13/h1,4-6,14H,2H3,(H,15,16). The van der Waals surface area contributed by atoms with Crippen LogP contribution in [0, 0.1) is 24.0 Å². The van der Waals surface area contributed by atoms with Crippen LogP contribution in [-0.2, 0) is 10.0 Å². The number of terminal acetylenes is 1. The topological polar surface area (TPSA) is 83.5 Å². The van der Waals surface area contributed by atoms with Crippen LogP contribution in [0.4, 0.5) is 8.78 Å². The highest BCUT2D eigenvalue weighted by atomic mass is 32.2. The summed E-state index contributed by atoms with van der Waals surface area (Å²) in [4.78, 5) is 9.58. The molecule has 102 valence electrons. The Balaban J connectivity index is 3.42. The maximum atomic E-state index is 13.5. The molecule has 0 fully saturated rings. The Labute approximate surface area is 108 Å². The Hall–Kier alpha value is -1.98. The molecule has 1 aromatic rings. The molecule has 0 aliphatic rings. The highest BCUT2D eigenvalue weighted by Gasteiger charge is 2.25. The predicted octanol–water partition coefficient (Wildman–Crippen LogP) is 0.963. The highest BCUT2D eigenvalue weighted by molar-refractivity contribution is 7.89. The third-order valence-electron chi connectivity index (χ3n) is 2.11. The molecule has 19 heavy (non-hydrogen) atoms. The van der Waals surface area contributed by atoms with Crippen LogP contribution >= 0.6 is 0 Å². The first-order chi connectivity index (χ1) is 8.69. The lowest BCUT2D eigenvalue weighted by Crippen LogP contribution is -2.32. The molecule has 0 heterocycles. The van der Waals surface area contributed by atoms with Gasteiger partial charge in [0, 0.05) is 0 Å². The van der Waals surface area contributed by atoms with Crippen LogP contribution in [0.15, 0.2) is 17.0 Å². The molecule has 0 saturated heterocycles. The average molecular weight is 289 g/mol. The first kappa shape index (κ1) is 15.1. The number of sulfonamides is 1. The zero-order valence-electron chi connectivity index (χ0n) is 9.65. The maximum Gasteiger partial charge on any atom is 0.335 e. The SMILES string of the molecule is C#CC(C)NS(=O)(=O)c1cc(C(=O)O)cc(F)c1F.